The standard InChI is InChI=1S/C10H13N5S2/c1-15-6-2-3-9(15)8-4-5-10(12-7-8)16-17-14-13-11/h4-5,7,9H,2-3,6H2,1H3. The van der Waals surface area contributed by atoms with Gasteiger partial charge in [-0.25, -0.2) is 4.98 Å². The van der Waals surface area contributed by atoms with E-state index >= 15 is 0 Å². The summed E-state index contributed by atoms with van der Waals surface area (Å²) in [6.07, 6.45) is 4.38. The molecule has 7 heteroatoms. The Hall–Kier alpha value is -0.880. The van der Waals surface area contributed by atoms with Gasteiger partial charge in [0.15, 0.2) is 0 Å². The van der Waals surface area contributed by atoms with Crippen LogP contribution >= 0.6 is 21.8 Å². The maximum absolute atomic E-state index is 8.16. The minimum absolute atomic E-state index is 0.506. The molecule has 1 saturated heterocycles. The Balaban J connectivity index is 1.99. The molecule has 0 saturated carbocycles. The quantitative estimate of drug-likeness (QED) is 0.273. The zero-order valence-electron chi connectivity index (χ0n) is 9.48. The van der Waals surface area contributed by atoms with Crippen molar-refractivity contribution in [3.05, 3.63) is 34.3 Å². The van der Waals surface area contributed by atoms with E-state index in [2.05, 4.69) is 32.4 Å². The molecule has 1 aliphatic rings. The second kappa shape index (κ2) is 6.16. The van der Waals surface area contributed by atoms with Crippen molar-refractivity contribution >= 4 is 21.8 Å². The first-order valence-electron chi connectivity index (χ1n) is 5.35. The summed E-state index contributed by atoms with van der Waals surface area (Å²) >= 11 is 0. The van der Waals surface area contributed by atoms with Crippen LogP contribution in [0.4, 0.5) is 0 Å². The van der Waals surface area contributed by atoms with Crippen LogP contribution in [0, 0.1) is 0 Å². The van der Waals surface area contributed by atoms with E-state index in [1.54, 1.807) is 0 Å². The van der Waals surface area contributed by atoms with Crippen LogP contribution in [0.15, 0.2) is 27.9 Å². The largest absolute Gasteiger partial charge is 0.299 e. The lowest BCUT2D eigenvalue weighted by atomic mass is 10.1. The van der Waals surface area contributed by atoms with Crippen LogP contribution in [-0.4, -0.2) is 23.5 Å². The second-order valence-corrected chi connectivity index (χ2v) is 5.74. The van der Waals surface area contributed by atoms with Gasteiger partial charge >= 0.3 is 0 Å². The molecule has 1 atom stereocenters. The minimum Gasteiger partial charge on any atom is -0.299 e. The Kier molecular flexibility index (Phi) is 4.56. The van der Waals surface area contributed by atoms with E-state index in [1.807, 2.05) is 12.3 Å². The molecule has 0 N–H and O–H groups in total. The fourth-order valence-electron chi connectivity index (χ4n) is 2.04. The van der Waals surface area contributed by atoms with E-state index in [9.17, 15) is 0 Å². The van der Waals surface area contributed by atoms with E-state index in [-0.39, 0.29) is 0 Å². The summed E-state index contributed by atoms with van der Waals surface area (Å²) in [6, 6.07) is 4.59. The van der Waals surface area contributed by atoms with Gasteiger partial charge in [0.2, 0.25) is 0 Å². The Morgan fingerprint density at radius 1 is 1.59 bits per heavy atom. The minimum atomic E-state index is 0.506. The highest BCUT2D eigenvalue weighted by Gasteiger charge is 2.22. The van der Waals surface area contributed by atoms with Crippen LogP contribution in [-0.2, 0) is 0 Å². The molecule has 17 heavy (non-hydrogen) atoms. The maximum Gasteiger partial charge on any atom is 0.107 e. The average molecular weight is 267 g/mol. The SMILES string of the molecule is CN1CCCC1c1ccc(SSN=[N+]=[N-])nc1. The fraction of sp³-hybridized carbons (Fsp3) is 0.500. The van der Waals surface area contributed by atoms with Crippen LogP contribution in [0.1, 0.15) is 24.4 Å². The zero-order chi connectivity index (χ0) is 12.1. The van der Waals surface area contributed by atoms with Crippen molar-refractivity contribution in [2.45, 2.75) is 23.9 Å². The molecule has 2 heterocycles. The molecular formula is C10H13N5S2. The van der Waals surface area contributed by atoms with Crippen LogP contribution in [0.2, 0.25) is 0 Å². The molecule has 1 unspecified atom stereocenters. The predicted molar refractivity (Wildman–Crippen MR) is 71.4 cm³/mol. The molecule has 0 radical (unpaired) electrons. The second-order valence-electron chi connectivity index (χ2n) is 3.90. The van der Waals surface area contributed by atoms with Gasteiger partial charge in [0.1, 0.15) is 5.03 Å². The molecule has 5 nitrogen and oxygen atoms in total. The predicted octanol–water partition coefficient (Wildman–Crippen LogP) is 3.81. The summed E-state index contributed by atoms with van der Waals surface area (Å²) in [5.74, 6) is 0. The van der Waals surface area contributed by atoms with Crippen molar-refractivity contribution in [2.75, 3.05) is 13.6 Å². The number of likely N-dealkylation sites (tertiary alicyclic amines) is 1. The Labute approximate surface area is 108 Å². The van der Waals surface area contributed by atoms with Crippen molar-refractivity contribution in [1.82, 2.24) is 9.88 Å². The Morgan fingerprint density at radius 3 is 3.06 bits per heavy atom. The van der Waals surface area contributed by atoms with E-state index in [4.69, 9.17) is 5.53 Å². The van der Waals surface area contributed by atoms with Crippen molar-refractivity contribution in [2.24, 2.45) is 4.52 Å². The summed E-state index contributed by atoms with van der Waals surface area (Å²) in [6.45, 7) is 1.16. The third kappa shape index (κ3) is 3.29. The third-order valence-corrected chi connectivity index (χ3v) is 4.42. The molecule has 0 spiro atoms. The average Bonchev–Trinajstić information content (AvgIpc) is 2.77. The summed E-state index contributed by atoms with van der Waals surface area (Å²) in [5, 5.41) is 0.867. The zero-order valence-corrected chi connectivity index (χ0v) is 11.1. The van der Waals surface area contributed by atoms with Gasteiger partial charge in [-0.05, 0) is 58.9 Å². The molecule has 0 aromatic carbocycles. The number of rotatable bonds is 4. The number of pyridine rings is 1. The van der Waals surface area contributed by atoms with Crippen molar-refractivity contribution in [3.63, 3.8) is 0 Å². The maximum atomic E-state index is 8.16. The number of azide groups is 1. The van der Waals surface area contributed by atoms with Gasteiger partial charge in [-0.2, -0.15) is 0 Å². The highest BCUT2D eigenvalue weighted by atomic mass is 33.1. The van der Waals surface area contributed by atoms with Gasteiger partial charge in [-0.3, -0.25) is 4.90 Å². The highest BCUT2D eigenvalue weighted by molar-refractivity contribution is 8.76. The topological polar surface area (TPSA) is 64.9 Å². The van der Waals surface area contributed by atoms with E-state index < -0.39 is 0 Å². The van der Waals surface area contributed by atoms with Crippen LogP contribution in [0.25, 0.3) is 10.4 Å². The van der Waals surface area contributed by atoms with Gasteiger partial charge in [-0.15, -0.1) is 0 Å². The van der Waals surface area contributed by atoms with Gasteiger partial charge in [0.25, 0.3) is 0 Å². The molecule has 1 fully saturated rings. The molecule has 1 aromatic heterocycles. The monoisotopic (exact) mass is 267 g/mol. The normalized spacial score (nSPS) is 20.2. The smallest absolute Gasteiger partial charge is 0.107 e. The van der Waals surface area contributed by atoms with Crippen LogP contribution < -0.4 is 0 Å². The molecule has 1 aliphatic heterocycles. The first-order valence-corrected chi connectivity index (χ1v) is 7.46. The molecule has 90 valence electrons. The lowest BCUT2D eigenvalue weighted by Crippen LogP contribution is -2.17. The number of aromatic nitrogens is 1. The molecule has 0 amide bonds. The van der Waals surface area contributed by atoms with Crippen molar-refractivity contribution < 1.29 is 0 Å². The lowest BCUT2D eigenvalue weighted by Gasteiger charge is -2.19. The van der Waals surface area contributed by atoms with Crippen LogP contribution in [0.5, 0.6) is 0 Å². The van der Waals surface area contributed by atoms with E-state index in [0.717, 1.165) is 22.6 Å². The summed E-state index contributed by atoms with van der Waals surface area (Å²) < 4.78 is 3.39. The molecule has 0 bridgehead atoms. The van der Waals surface area contributed by atoms with Crippen molar-refractivity contribution in [1.29, 1.82) is 0 Å². The molecule has 2 rings (SSSR count). The Morgan fingerprint density at radius 2 is 2.47 bits per heavy atom. The van der Waals surface area contributed by atoms with Crippen molar-refractivity contribution in [3.8, 4) is 0 Å². The summed E-state index contributed by atoms with van der Waals surface area (Å²) in [7, 11) is 4.62. The fourth-order valence-corrected chi connectivity index (χ4v) is 3.11. The Bertz CT molecular complexity index is 415. The summed E-state index contributed by atoms with van der Waals surface area (Å²) in [4.78, 5) is 9.40. The summed E-state index contributed by atoms with van der Waals surface area (Å²) in [5.41, 5.74) is 9.43. The molecule has 0 aliphatic carbocycles. The molecule has 1 aromatic rings. The third-order valence-electron chi connectivity index (χ3n) is 2.86. The van der Waals surface area contributed by atoms with Gasteiger partial charge in [0, 0.05) is 28.1 Å². The van der Waals surface area contributed by atoms with E-state index in [1.165, 1.54) is 29.2 Å². The number of hydrogen-bond acceptors (Lipinski definition) is 5. The van der Waals surface area contributed by atoms with Gasteiger partial charge in [-0.1, -0.05) is 6.07 Å². The van der Waals surface area contributed by atoms with Gasteiger partial charge < -0.3 is 0 Å². The first-order chi connectivity index (χ1) is 8.31. The first kappa shape index (κ1) is 12.6. The number of nitrogens with zero attached hydrogens (tertiary/aromatic N) is 5. The molecular weight excluding hydrogens is 254 g/mol. The lowest BCUT2D eigenvalue weighted by molar-refractivity contribution is 0.317. The van der Waals surface area contributed by atoms with E-state index in [0.29, 0.717) is 6.04 Å². The van der Waals surface area contributed by atoms with Crippen LogP contribution in [0.3, 0.4) is 0 Å². The highest BCUT2D eigenvalue weighted by Crippen LogP contribution is 2.33. The number of hydrogen-bond donors (Lipinski definition) is 0. The van der Waals surface area contributed by atoms with Gasteiger partial charge in [0.05, 0.1) is 0 Å².